The van der Waals surface area contributed by atoms with E-state index in [9.17, 15) is 30.4 Å². The van der Waals surface area contributed by atoms with Crippen molar-refractivity contribution in [2.24, 2.45) is 5.14 Å². The molecule has 18 heavy (non-hydrogen) atoms. The van der Waals surface area contributed by atoms with Crippen LogP contribution in [0.5, 0.6) is 5.75 Å². The zero-order valence-electron chi connectivity index (χ0n) is 8.41. The summed E-state index contributed by atoms with van der Waals surface area (Å²) in [6.07, 6.45) is -8.47. The molecular weight excluding hydrogens is 285 g/mol. The Morgan fingerprint density at radius 3 is 2.17 bits per heavy atom. The van der Waals surface area contributed by atoms with Crippen LogP contribution in [0.25, 0.3) is 0 Å². The fourth-order valence-corrected chi connectivity index (χ4v) is 1.61. The molecule has 0 aliphatic rings. The summed E-state index contributed by atoms with van der Waals surface area (Å²) < 4.78 is 85.8. The van der Waals surface area contributed by atoms with Gasteiger partial charge < -0.3 is 4.74 Å². The van der Waals surface area contributed by atoms with Crippen LogP contribution >= 0.6 is 0 Å². The highest BCUT2D eigenvalue weighted by Crippen LogP contribution is 2.34. The van der Waals surface area contributed by atoms with Crippen LogP contribution in [-0.4, -0.2) is 14.8 Å². The Balaban J connectivity index is 3.33. The lowest BCUT2D eigenvalue weighted by Gasteiger charge is -2.13. The number of sulfonamides is 1. The molecule has 0 spiro atoms. The molecule has 0 aliphatic carbocycles. The van der Waals surface area contributed by atoms with Gasteiger partial charge in [-0.15, -0.1) is 13.2 Å². The minimum absolute atomic E-state index is 0.296. The molecular formula is C8H6F5NO3S. The summed E-state index contributed by atoms with van der Waals surface area (Å²) in [5.74, 6) is -1.30. The van der Waals surface area contributed by atoms with E-state index in [4.69, 9.17) is 0 Å². The fraction of sp³-hybridized carbons (Fsp3) is 0.250. The molecule has 0 amide bonds. The number of hydrogen-bond donors (Lipinski definition) is 1. The molecule has 4 nitrogen and oxygen atoms in total. The van der Waals surface area contributed by atoms with Gasteiger partial charge in [0.25, 0.3) is 6.43 Å². The molecule has 0 saturated carbocycles. The SMILES string of the molecule is NS(=O)(=O)c1ccc(C(F)F)c(OC(F)(F)F)c1. The van der Waals surface area contributed by atoms with E-state index in [1.165, 1.54) is 0 Å². The van der Waals surface area contributed by atoms with Gasteiger partial charge >= 0.3 is 6.36 Å². The van der Waals surface area contributed by atoms with Crippen LogP contribution in [-0.2, 0) is 10.0 Å². The van der Waals surface area contributed by atoms with E-state index >= 15 is 0 Å². The predicted molar refractivity (Wildman–Crippen MR) is 49.5 cm³/mol. The van der Waals surface area contributed by atoms with Gasteiger partial charge in [0.15, 0.2) is 0 Å². The normalized spacial score (nSPS) is 12.8. The highest BCUT2D eigenvalue weighted by atomic mass is 32.2. The Kier molecular flexibility index (Phi) is 3.81. The Bertz CT molecular complexity index is 540. The van der Waals surface area contributed by atoms with Gasteiger partial charge in [0, 0.05) is 6.07 Å². The van der Waals surface area contributed by atoms with E-state index in [0.29, 0.717) is 18.2 Å². The standard InChI is InChI=1S/C8H6F5NO3S/c9-7(10)5-2-1-4(18(14,15)16)3-6(5)17-8(11,12)13/h1-3,7H,(H2,14,15,16). The maximum Gasteiger partial charge on any atom is 0.573 e. The van der Waals surface area contributed by atoms with Gasteiger partial charge in [-0.05, 0) is 12.1 Å². The van der Waals surface area contributed by atoms with E-state index < -0.39 is 39.0 Å². The van der Waals surface area contributed by atoms with E-state index in [1.54, 1.807) is 0 Å². The van der Waals surface area contributed by atoms with E-state index in [1.807, 2.05) is 0 Å². The molecule has 0 heterocycles. The average Bonchev–Trinajstić information content (AvgIpc) is 2.12. The van der Waals surface area contributed by atoms with Gasteiger partial charge in [-0.2, -0.15) is 0 Å². The first kappa shape index (κ1) is 14.6. The second kappa shape index (κ2) is 4.69. The first-order valence-corrected chi connectivity index (χ1v) is 5.76. The summed E-state index contributed by atoms with van der Waals surface area (Å²) in [6, 6.07) is 1.47. The molecule has 10 heteroatoms. The minimum atomic E-state index is -5.22. The zero-order valence-corrected chi connectivity index (χ0v) is 9.23. The average molecular weight is 291 g/mol. The Hall–Kier alpha value is -1.42. The maximum atomic E-state index is 12.4. The first-order chi connectivity index (χ1) is 8.00. The number of halogens is 5. The van der Waals surface area contributed by atoms with E-state index in [-0.39, 0.29) is 0 Å². The van der Waals surface area contributed by atoms with Crippen molar-refractivity contribution in [3.05, 3.63) is 23.8 Å². The van der Waals surface area contributed by atoms with Gasteiger partial charge in [-0.1, -0.05) is 0 Å². The van der Waals surface area contributed by atoms with Gasteiger partial charge in [-0.3, -0.25) is 0 Å². The Labute approximate surface area is 98.2 Å². The minimum Gasteiger partial charge on any atom is -0.405 e. The molecule has 0 saturated heterocycles. The smallest absolute Gasteiger partial charge is 0.405 e. The summed E-state index contributed by atoms with van der Waals surface area (Å²) in [4.78, 5) is -0.758. The molecule has 0 atom stereocenters. The molecule has 0 radical (unpaired) electrons. The number of alkyl halides is 5. The second-order valence-electron chi connectivity index (χ2n) is 3.09. The van der Waals surface area contributed by atoms with Gasteiger partial charge in [-0.25, -0.2) is 22.3 Å². The van der Waals surface area contributed by atoms with Crippen molar-refractivity contribution < 1.29 is 35.1 Å². The number of rotatable bonds is 3. The third-order valence-corrected chi connectivity index (χ3v) is 2.69. The molecule has 0 aromatic heterocycles. The molecule has 1 aromatic carbocycles. The van der Waals surface area contributed by atoms with Crippen LogP contribution in [0.2, 0.25) is 0 Å². The third-order valence-electron chi connectivity index (χ3n) is 1.77. The monoisotopic (exact) mass is 291 g/mol. The molecule has 0 aliphatic heterocycles. The third kappa shape index (κ3) is 3.81. The number of hydrogen-bond acceptors (Lipinski definition) is 3. The van der Waals surface area contributed by atoms with E-state index in [2.05, 4.69) is 9.88 Å². The lowest BCUT2D eigenvalue weighted by atomic mass is 10.2. The van der Waals surface area contributed by atoms with Crippen LogP contribution in [0, 0.1) is 0 Å². The molecule has 1 aromatic rings. The van der Waals surface area contributed by atoms with Crippen LogP contribution in [0.3, 0.4) is 0 Å². The highest BCUT2D eigenvalue weighted by molar-refractivity contribution is 7.89. The summed E-state index contributed by atoms with van der Waals surface area (Å²) in [7, 11) is -4.32. The van der Waals surface area contributed by atoms with Crippen molar-refractivity contribution in [2.75, 3.05) is 0 Å². The highest BCUT2D eigenvalue weighted by Gasteiger charge is 2.33. The number of nitrogens with two attached hydrogens (primary N) is 1. The quantitative estimate of drug-likeness (QED) is 0.868. The molecule has 2 N–H and O–H groups in total. The second-order valence-corrected chi connectivity index (χ2v) is 4.65. The largest absolute Gasteiger partial charge is 0.573 e. The van der Waals surface area contributed by atoms with E-state index in [0.717, 1.165) is 0 Å². The number of primary sulfonamides is 1. The number of ether oxygens (including phenoxy) is 1. The molecule has 0 bridgehead atoms. The molecule has 102 valence electrons. The lowest BCUT2D eigenvalue weighted by molar-refractivity contribution is -0.275. The summed E-state index contributed by atoms with van der Waals surface area (Å²) in [5, 5.41) is 4.66. The summed E-state index contributed by atoms with van der Waals surface area (Å²) in [5.41, 5.74) is -1.08. The topological polar surface area (TPSA) is 69.4 Å². The van der Waals surface area contributed by atoms with Crippen molar-refractivity contribution in [3.8, 4) is 5.75 Å². The Morgan fingerprint density at radius 1 is 1.22 bits per heavy atom. The van der Waals surface area contributed by atoms with Crippen molar-refractivity contribution in [1.29, 1.82) is 0 Å². The van der Waals surface area contributed by atoms with Crippen molar-refractivity contribution in [2.45, 2.75) is 17.7 Å². The van der Waals surface area contributed by atoms with Crippen LogP contribution in [0.4, 0.5) is 22.0 Å². The zero-order chi connectivity index (χ0) is 14.1. The fourth-order valence-electron chi connectivity index (χ4n) is 1.09. The maximum absolute atomic E-state index is 12.4. The van der Waals surface area contributed by atoms with Crippen LogP contribution < -0.4 is 9.88 Å². The van der Waals surface area contributed by atoms with Crippen LogP contribution in [0.1, 0.15) is 12.0 Å². The molecule has 1 rings (SSSR count). The number of benzene rings is 1. The molecule has 0 fully saturated rings. The summed E-state index contributed by atoms with van der Waals surface area (Å²) >= 11 is 0. The van der Waals surface area contributed by atoms with Gasteiger partial charge in [0.05, 0.1) is 10.5 Å². The molecule has 0 unspecified atom stereocenters. The Morgan fingerprint density at radius 2 is 1.78 bits per heavy atom. The summed E-state index contributed by atoms with van der Waals surface area (Å²) in [6.45, 7) is 0. The van der Waals surface area contributed by atoms with Crippen molar-refractivity contribution in [1.82, 2.24) is 0 Å². The van der Waals surface area contributed by atoms with Crippen LogP contribution in [0.15, 0.2) is 23.1 Å². The van der Waals surface area contributed by atoms with Crippen molar-refractivity contribution in [3.63, 3.8) is 0 Å². The van der Waals surface area contributed by atoms with Gasteiger partial charge in [0.1, 0.15) is 5.75 Å². The lowest BCUT2D eigenvalue weighted by Crippen LogP contribution is -2.19. The first-order valence-electron chi connectivity index (χ1n) is 4.21. The van der Waals surface area contributed by atoms with Gasteiger partial charge in [0.2, 0.25) is 10.0 Å². The van der Waals surface area contributed by atoms with Crippen molar-refractivity contribution >= 4 is 10.0 Å². The predicted octanol–water partition coefficient (Wildman–Crippen LogP) is 2.17.